The first kappa shape index (κ1) is 40.7. The van der Waals surface area contributed by atoms with Crippen molar-refractivity contribution in [1.82, 2.24) is 20.4 Å². The van der Waals surface area contributed by atoms with Crippen LogP contribution >= 0.6 is 11.6 Å². The van der Waals surface area contributed by atoms with Crippen LogP contribution in [-0.2, 0) is 9.59 Å². The number of fused-ring (bicyclic) bond motifs is 1. The van der Waals surface area contributed by atoms with Crippen molar-refractivity contribution in [1.29, 1.82) is 5.26 Å². The molecule has 3 aliphatic heterocycles. The highest BCUT2D eigenvalue weighted by atomic mass is 35.5. The molecule has 2 saturated heterocycles. The van der Waals surface area contributed by atoms with Gasteiger partial charge in [0.2, 0.25) is 11.8 Å². The third-order valence-electron chi connectivity index (χ3n) is 12.3. The number of benzene rings is 3. The van der Waals surface area contributed by atoms with Crippen molar-refractivity contribution < 1.29 is 33.4 Å². The number of imide groups is 2. The number of nitrogens with zero attached hydrogens (tertiary/aromatic N) is 4. The molecule has 5 amide bonds. The van der Waals surface area contributed by atoms with E-state index in [0.717, 1.165) is 36.6 Å². The van der Waals surface area contributed by atoms with Crippen molar-refractivity contribution in [3.8, 4) is 17.6 Å². The monoisotopic (exact) mass is 808 g/mol. The van der Waals surface area contributed by atoms with E-state index in [9.17, 15) is 29.2 Å². The van der Waals surface area contributed by atoms with Gasteiger partial charge in [0, 0.05) is 72.3 Å². The summed E-state index contributed by atoms with van der Waals surface area (Å²) >= 11 is 6.25. The van der Waals surface area contributed by atoms with E-state index in [1.807, 2.05) is 24.3 Å². The lowest BCUT2D eigenvalue weighted by Crippen LogP contribution is -2.74. The second-order valence-corrected chi connectivity index (χ2v) is 17.5. The first-order chi connectivity index (χ1) is 27.5. The van der Waals surface area contributed by atoms with Crippen molar-refractivity contribution in [2.24, 2.45) is 10.8 Å². The summed E-state index contributed by atoms with van der Waals surface area (Å²) in [6.45, 7) is 15.6. The number of rotatable bonds is 11. The highest BCUT2D eigenvalue weighted by Gasteiger charge is 2.64. The molecule has 3 fully saturated rings. The molecule has 0 spiro atoms. The number of amides is 5. The Morgan fingerprint density at radius 1 is 0.914 bits per heavy atom. The molecule has 3 atom stereocenters. The molecule has 4 aliphatic rings. The maximum Gasteiger partial charge on any atom is 0.262 e. The van der Waals surface area contributed by atoms with Crippen LogP contribution in [0.1, 0.15) is 97.4 Å². The van der Waals surface area contributed by atoms with Gasteiger partial charge >= 0.3 is 0 Å². The molecule has 0 aromatic heterocycles. The maximum absolute atomic E-state index is 13.5. The number of halogens is 1. The molecule has 3 aromatic rings. The molecule has 0 bridgehead atoms. The molecule has 58 heavy (non-hydrogen) atoms. The van der Waals surface area contributed by atoms with Gasteiger partial charge < -0.3 is 19.7 Å². The fourth-order valence-electron chi connectivity index (χ4n) is 9.62. The summed E-state index contributed by atoms with van der Waals surface area (Å²) < 4.78 is 12.4. The van der Waals surface area contributed by atoms with Gasteiger partial charge in [-0.2, -0.15) is 5.26 Å². The minimum Gasteiger partial charge on any atom is -0.494 e. The normalized spacial score (nSPS) is 25.0. The number of carbonyl (C=O) groups excluding carboxylic acids is 5. The van der Waals surface area contributed by atoms with E-state index < -0.39 is 29.7 Å². The van der Waals surface area contributed by atoms with E-state index in [4.69, 9.17) is 21.1 Å². The standard InChI is InChI=1S/C44H49ClN6O7/c1-25-23-49(29-11-8-27(9-12-29)37(53)48-41-43(3,4)42(44(41,5)6)58-31-13-10-28(22-46)34(45)21-31)24-26(2)50(25)18-7-19-57-30-14-15-32-33(20-30)40(56)51(39(32)55)35-16-17-36(52)47-38(35)54/h8-15,20-21,25-26,35,41-42H,7,16-19,23-24H2,1-6H3,(H,48,53)(H,47,52,54)/t25-,26+,35?,41?,42?. The minimum atomic E-state index is -1.01. The molecule has 0 radical (unpaired) electrons. The van der Waals surface area contributed by atoms with Gasteiger partial charge in [-0.3, -0.25) is 39.1 Å². The van der Waals surface area contributed by atoms with Gasteiger partial charge in [0.1, 0.15) is 29.7 Å². The fraction of sp³-hybridized carbons (Fsp3) is 0.455. The van der Waals surface area contributed by atoms with Crippen molar-refractivity contribution in [2.45, 2.75) is 91.1 Å². The van der Waals surface area contributed by atoms with Crippen LogP contribution in [0.3, 0.4) is 0 Å². The number of hydrogen-bond acceptors (Lipinski definition) is 10. The highest BCUT2D eigenvalue weighted by molar-refractivity contribution is 6.31. The number of carbonyl (C=O) groups is 5. The number of anilines is 1. The largest absolute Gasteiger partial charge is 0.494 e. The Morgan fingerprint density at radius 2 is 1.57 bits per heavy atom. The zero-order valence-electron chi connectivity index (χ0n) is 33.6. The van der Waals surface area contributed by atoms with E-state index in [1.165, 1.54) is 0 Å². The molecule has 2 N–H and O–H groups in total. The van der Waals surface area contributed by atoms with E-state index in [-0.39, 0.29) is 64.9 Å². The Hall–Kier alpha value is -5.45. The van der Waals surface area contributed by atoms with E-state index >= 15 is 0 Å². The SMILES string of the molecule is C[C@@H]1CN(c2ccc(C(=O)NC3C(C)(C)C(Oc4ccc(C#N)c(Cl)c4)C3(C)C)cc2)C[C@H](C)N1CCCOc1ccc2c(c1)C(=O)N(C1CCC(=O)NC1=O)C2=O. The van der Waals surface area contributed by atoms with Crippen LogP contribution in [0.5, 0.6) is 11.5 Å². The lowest BCUT2D eigenvalue weighted by atomic mass is 9.49. The lowest BCUT2D eigenvalue weighted by molar-refractivity contribution is -0.164. The number of piperidine rings is 1. The van der Waals surface area contributed by atoms with Gasteiger partial charge in [-0.25, -0.2) is 0 Å². The highest BCUT2D eigenvalue weighted by Crippen LogP contribution is 2.55. The Labute approximate surface area is 343 Å². The quantitative estimate of drug-likeness (QED) is 0.185. The number of nitrogens with one attached hydrogen (secondary N) is 2. The van der Waals surface area contributed by atoms with Gasteiger partial charge in [-0.15, -0.1) is 0 Å². The average molecular weight is 809 g/mol. The zero-order valence-corrected chi connectivity index (χ0v) is 34.4. The van der Waals surface area contributed by atoms with Crippen LogP contribution in [0.25, 0.3) is 0 Å². The maximum atomic E-state index is 13.5. The predicted octanol–water partition coefficient (Wildman–Crippen LogP) is 5.59. The molecule has 1 saturated carbocycles. The summed E-state index contributed by atoms with van der Waals surface area (Å²) in [5, 5.41) is 15.0. The molecule has 13 nitrogen and oxygen atoms in total. The molecule has 7 rings (SSSR count). The number of piperazine rings is 1. The molecule has 1 unspecified atom stereocenters. The van der Waals surface area contributed by atoms with Gasteiger partial charge in [0.05, 0.1) is 28.3 Å². The Bertz CT molecular complexity index is 2170. The van der Waals surface area contributed by atoms with Crippen LogP contribution in [0, 0.1) is 22.2 Å². The molecular weight excluding hydrogens is 760 g/mol. The zero-order chi connectivity index (χ0) is 41.7. The van der Waals surface area contributed by atoms with Gasteiger partial charge in [0.25, 0.3) is 17.7 Å². The van der Waals surface area contributed by atoms with Crippen LogP contribution < -0.4 is 25.0 Å². The summed E-state index contributed by atoms with van der Waals surface area (Å²) in [6.07, 6.45) is 0.719. The molecule has 3 aromatic carbocycles. The van der Waals surface area contributed by atoms with E-state index in [1.54, 1.807) is 36.4 Å². The summed E-state index contributed by atoms with van der Waals surface area (Å²) in [5.74, 6) is -1.24. The number of hydrogen-bond donors (Lipinski definition) is 2. The van der Waals surface area contributed by atoms with Crippen molar-refractivity contribution in [2.75, 3.05) is 31.1 Å². The van der Waals surface area contributed by atoms with Gasteiger partial charge in [-0.1, -0.05) is 39.3 Å². The molecule has 1 aliphatic carbocycles. The lowest BCUT2D eigenvalue weighted by Gasteiger charge is -2.63. The second-order valence-electron chi connectivity index (χ2n) is 17.0. The second kappa shape index (κ2) is 15.7. The van der Waals surface area contributed by atoms with Crippen LogP contribution in [0.15, 0.2) is 60.7 Å². The smallest absolute Gasteiger partial charge is 0.262 e. The summed E-state index contributed by atoms with van der Waals surface area (Å²) in [7, 11) is 0. The first-order valence-corrected chi connectivity index (χ1v) is 20.2. The van der Waals surface area contributed by atoms with Gasteiger partial charge in [-0.05, 0) is 81.3 Å². The number of ether oxygens (including phenoxy) is 2. The summed E-state index contributed by atoms with van der Waals surface area (Å²) in [6, 6.07) is 19.0. The Morgan fingerprint density at radius 3 is 2.21 bits per heavy atom. The fourth-order valence-corrected chi connectivity index (χ4v) is 9.83. The molecule has 304 valence electrons. The third-order valence-corrected chi connectivity index (χ3v) is 12.6. The molecule has 3 heterocycles. The Balaban J connectivity index is 0.883. The summed E-state index contributed by atoms with van der Waals surface area (Å²) in [5.41, 5.74) is 1.70. The predicted molar refractivity (Wildman–Crippen MR) is 217 cm³/mol. The Kier molecular flexibility index (Phi) is 11.0. The first-order valence-electron chi connectivity index (χ1n) is 19.8. The summed E-state index contributed by atoms with van der Waals surface area (Å²) in [4.78, 5) is 69.5. The van der Waals surface area contributed by atoms with Crippen molar-refractivity contribution >= 4 is 46.8 Å². The van der Waals surface area contributed by atoms with Crippen LogP contribution in [0.2, 0.25) is 5.02 Å². The molecule has 14 heteroatoms. The molecular formula is C44H49ClN6O7. The van der Waals surface area contributed by atoms with Crippen LogP contribution in [-0.4, -0.2) is 95.8 Å². The van der Waals surface area contributed by atoms with E-state index in [2.05, 4.69) is 68.0 Å². The van der Waals surface area contributed by atoms with Crippen molar-refractivity contribution in [3.05, 3.63) is 87.9 Å². The number of nitriles is 1. The van der Waals surface area contributed by atoms with Gasteiger partial charge in [0.15, 0.2) is 0 Å². The minimum absolute atomic E-state index is 0.0655. The van der Waals surface area contributed by atoms with Crippen LogP contribution in [0.4, 0.5) is 5.69 Å². The third kappa shape index (κ3) is 7.51. The topological polar surface area (TPSA) is 161 Å². The van der Waals surface area contributed by atoms with Crippen molar-refractivity contribution in [3.63, 3.8) is 0 Å². The van der Waals surface area contributed by atoms with E-state index in [0.29, 0.717) is 34.3 Å². The average Bonchev–Trinajstić information content (AvgIpc) is 3.42.